The zero-order chi connectivity index (χ0) is 21.9. The maximum Gasteiger partial charge on any atom is 0.433 e. The van der Waals surface area contributed by atoms with Crippen LogP contribution in [0.15, 0.2) is 18.3 Å². The van der Waals surface area contributed by atoms with E-state index in [9.17, 15) is 18.0 Å². The Hall–Kier alpha value is -1.79. The molecule has 170 valence electrons. The van der Waals surface area contributed by atoms with E-state index < -0.39 is 11.9 Å². The van der Waals surface area contributed by atoms with Crippen molar-refractivity contribution in [2.24, 2.45) is 23.2 Å². The Balaban J connectivity index is 1.18. The fourth-order valence-electron chi connectivity index (χ4n) is 7.24. The van der Waals surface area contributed by atoms with Crippen LogP contribution in [0.5, 0.6) is 0 Å². The number of alkyl halides is 3. The molecule has 0 aromatic carbocycles. The Morgan fingerprint density at radius 3 is 2.26 bits per heavy atom. The molecule has 7 heteroatoms. The molecule has 1 amide bonds. The van der Waals surface area contributed by atoms with E-state index in [2.05, 4.69) is 17.2 Å². The molecule has 1 aromatic rings. The zero-order valence-electron chi connectivity index (χ0n) is 18.2. The first-order chi connectivity index (χ1) is 14.6. The van der Waals surface area contributed by atoms with E-state index in [0.29, 0.717) is 25.2 Å². The minimum Gasteiger partial charge on any atom is -0.371 e. The number of carbonyl (C=O) groups is 1. The SMILES string of the molecule is CC1(CC(=O)NC23CC4CC(CC(C4)C2)C3)CCN(c2ccnc(C(F)(F)F)c2)CC1. The summed E-state index contributed by atoms with van der Waals surface area (Å²) in [4.78, 5) is 18.5. The number of nitrogens with one attached hydrogen (secondary N) is 1. The summed E-state index contributed by atoms with van der Waals surface area (Å²) in [5.74, 6) is 2.56. The van der Waals surface area contributed by atoms with Gasteiger partial charge in [-0.25, -0.2) is 0 Å². The number of hydrogen-bond acceptors (Lipinski definition) is 3. The van der Waals surface area contributed by atoms with E-state index >= 15 is 0 Å². The summed E-state index contributed by atoms with van der Waals surface area (Å²) in [5, 5.41) is 3.48. The summed E-state index contributed by atoms with van der Waals surface area (Å²) in [6.07, 6.45) is 6.41. The number of piperidine rings is 1. The maximum absolute atomic E-state index is 13.0. The van der Waals surface area contributed by atoms with Crippen LogP contribution in [0.4, 0.5) is 18.9 Å². The number of carbonyl (C=O) groups excluding carboxylic acids is 1. The predicted molar refractivity (Wildman–Crippen MR) is 112 cm³/mol. The van der Waals surface area contributed by atoms with Gasteiger partial charge in [0.25, 0.3) is 0 Å². The topological polar surface area (TPSA) is 45.2 Å². The molecule has 2 heterocycles. The van der Waals surface area contributed by atoms with Crippen LogP contribution in [0, 0.1) is 23.2 Å². The number of halogens is 3. The van der Waals surface area contributed by atoms with Crippen molar-refractivity contribution in [1.29, 1.82) is 0 Å². The molecular formula is C24H32F3N3O. The second-order valence-electron chi connectivity index (χ2n) is 11.1. The van der Waals surface area contributed by atoms with Crippen molar-refractivity contribution in [2.75, 3.05) is 18.0 Å². The van der Waals surface area contributed by atoms with Crippen LogP contribution in [-0.4, -0.2) is 29.5 Å². The average Bonchev–Trinajstić information content (AvgIpc) is 2.66. The van der Waals surface area contributed by atoms with E-state index in [1.54, 1.807) is 6.07 Å². The molecule has 5 fully saturated rings. The van der Waals surface area contributed by atoms with Gasteiger partial charge in [-0.3, -0.25) is 9.78 Å². The second-order valence-corrected chi connectivity index (χ2v) is 11.1. The monoisotopic (exact) mass is 435 g/mol. The summed E-state index contributed by atoms with van der Waals surface area (Å²) >= 11 is 0. The van der Waals surface area contributed by atoms with Crippen LogP contribution in [0.3, 0.4) is 0 Å². The molecule has 31 heavy (non-hydrogen) atoms. The van der Waals surface area contributed by atoms with Crippen LogP contribution in [-0.2, 0) is 11.0 Å². The van der Waals surface area contributed by atoms with Gasteiger partial charge >= 0.3 is 6.18 Å². The molecule has 4 saturated carbocycles. The number of nitrogens with zero attached hydrogens (tertiary/aromatic N) is 2. The molecule has 6 rings (SSSR count). The van der Waals surface area contributed by atoms with E-state index in [-0.39, 0.29) is 16.9 Å². The largest absolute Gasteiger partial charge is 0.433 e. The summed E-state index contributed by atoms with van der Waals surface area (Å²) in [5.41, 5.74) is -0.368. The molecule has 4 bridgehead atoms. The minimum absolute atomic E-state index is 0.0356. The Morgan fingerprint density at radius 2 is 1.71 bits per heavy atom. The normalized spacial score (nSPS) is 34.1. The average molecular weight is 436 g/mol. The molecule has 0 unspecified atom stereocenters. The molecule has 1 saturated heterocycles. The number of amides is 1. The number of hydrogen-bond donors (Lipinski definition) is 1. The van der Waals surface area contributed by atoms with Gasteiger partial charge in [-0.05, 0) is 86.7 Å². The quantitative estimate of drug-likeness (QED) is 0.709. The standard InChI is InChI=1S/C24H32F3N3O/c1-22(3-6-30(7-4-22)19-2-5-28-20(11-19)24(25,26)27)15-21(31)29-23-12-16-8-17(13-23)10-18(9-16)14-23/h2,5,11,16-18H,3-4,6-10,12-15H2,1H3,(H,29,31). The van der Waals surface area contributed by atoms with Crippen molar-refractivity contribution >= 4 is 11.6 Å². The fraction of sp³-hybridized carbons (Fsp3) is 0.750. The third-order valence-electron chi connectivity index (χ3n) is 8.40. The lowest BCUT2D eigenvalue weighted by Crippen LogP contribution is -2.60. The highest BCUT2D eigenvalue weighted by atomic mass is 19.4. The first kappa shape index (κ1) is 21.1. The van der Waals surface area contributed by atoms with Gasteiger partial charge in [0.05, 0.1) is 0 Å². The van der Waals surface area contributed by atoms with Crippen molar-refractivity contribution in [3.8, 4) is 0 Å². The van der Waals surface area contributed by atoms with Gasteiger partial charge in [-0.2, -0.15) is 13.2 Å². The number of aromatic nitrogens is 1. The summed E-state index contributed by atoms with van der Waals surface area (Å²) in [7, 11) is 0. The predicted octanol–water partition coefficient (Wildman–Crippen LogP) is 5.18. The first-order valence-corrected chi connectivity index (χ1v) is 11.7. The van der Waals surface area contributed by atoms with Crippen molar-refractivity contribution < 1.29 is 18.0 Å². The summed E-state index contributed by atoms with van der Waals surface area (Å²) < 4.78 is 39.0. The van der Waals surface area contributed by atoms with Crippen LogP contribution < -0.4 is 10.2 Å². The molecule has 0 radical (unpaired) electrons. The van der Waals surface area contributed by atoms with Crippen LogP contribution in [0.2, 0.25) is 0 Å². The Labute approximate surface area is 182 Å². The molecule has 4 nitrogen and oxygen atoms in total. The Morgan fingerprint density at radius 1 is 1.13 bits per heavy atom. The van der Waals surface area contributed by atoms with Crippen LogP contribution >= 0.6 is 0 Å². The van der Waals surface area contributed by atoms with Gasteiger partial charge < -0.3 is 10.2 Å². The summed E-state index contributed by atoms with van der Waals surface area (Å²) in [6.45, 7) is 3.46. The number of rotatable bonds is 4. The van der Waals surface area contributed by atoms with Crippen molar-refractivity contribution in [2.45, 2.75) is 76.4 Å². The smallest absolute Gasteiger partial charge is 0.371 e. The molecule has 0 spiro atoms. The van der Waals surface area contributed by atoms with Crippen molar-refractivity contribution in [3.63, 3.8) is 0 Å². The van der Waals surface area contributed by atoms with Gasteiger partial charge in [-0.1, -0.05) is 6.92 Å². The van der Waals surface area contributed by atoms with E-state index in [1.807, 2.05) is 4.90 Å². The molecule has 4 aliphatic carbocycles. The Bertz CT molecular complexity index is 809. The molecule has 1 N–H and O–H groups in total. The summed E-state index contributed by atoms with van der Waals surface area (Å²) in [6, 6.07) is 2.76. The van der Waals surface area contributed by atoms with Gasteiger partial charge in [0, 0.05) is 36.9 Å². The molecule has 1 aromatic heterocycles. The molecular weight excluding hydrogens is 403 g/mol. The van der Waals surface area contributed by atoms with Gasteiger partial charge in [0.1, 0.15) is 5.69 Å². The molecule has 5 aliphatic rings. The third kappa shape index (κ3) is 4.29. The van der Waals surface area contributed by atoms with Gasteiger partial charge in [0.15, 0.2) is 0 Å². The van der Waals surface area contributed by atoms with E-state index in [1.165, 1.54) is 25.5 Å². The van der Waals surface area contributed by atoms with Crippen molar-refractivity contribution in [1.82, 2.24) is 10.3 Å². The molecule has 1 aliphatic heterocycles. The fourth-order valence-corrected chi connectivity index (χ4v) is 7.24. The first-order valence-electron chi connectivity index (χ1n) is 11.7. The van der Waals surface area contributed by atoms with E-state index in [4.69, 9.17) is 0 Å². The van der Waals surface area contributed by atoms with Gasteiger partial charge in [-0.15, -0.1) is 0 Å². The van der Waals surface area contributed by atoms with Gasteiger partial charge in [0.2, 0.25) is 5.91 Å². The van der Waals surface area contributed by atoms with Crippen molar-refractivity contribution in [3.05, 3.63) is 24.0 Å². The highest BCUT2D eigenvalue weighted by Gasteiger charge is 2.51. The number of anilines is 1. The van der Waals surface area contributed by atoms with Crippen LogP contribution in [0.1, 0.15) is 70.4 Å². The maximum atomic E-state index is 13.0. The third-order valence-corrected chi connectivity index (χ3v) is 8.40. The highest BCUT2D eigenvalue weighted by molar-refractivity contribution is 5.77. The molecule has 0 atom stereocenters. The second kappa shape index (κ2) is 7.38. The zero-order valence-corrected chi connectivity index (χ0v) is 18.2. The lowest BCUT2D eigenvalue weighted by Gasteiger charge is -2.57. The highest BCUT2D eigenvalue weighted by Crippen LogP contribution is 2.55. The van der Waals surface area contributed by atoms with E-state index in [0.717, 1.165) is 55.9 Å². The number of pyridine rings is 1. The Kier molecular flexibility index (Phi) is 5.02. The van der Waals surface area contributed by atoms with Crippen LogP contribution in [0.25, 0.3) is 0 Å². The lowest BCUT2D eigenvalue weighted by atomic mass is 9.53. The lowest BCUT2D eigenvalue weighted by molar-refractivity contribution is -0.141. The minimum atomic E-state index is -4.43.